The van der Waals surface area contributed by atoms with Gasteiger partial charge in [0.15, 0.2) is 9.84 Å². The average Bonchev–Trinajstić information content (AvgIpc) is 2.80. The van der Waals surface area contributed by atoms with Crippen LogP contribution in [0.15, 0.2) is 0 Å². The van der Waals surface area contributed by atoms with E-state index in [2.05, 4.69) is 10.4 Å². The Morgan fingerprint density at radius 1 is 1.53 bits per heavy atom. The minimum absolute atomic E-state index is 0.240. The molecule has 1 aromatic heterocycles. The van der Waals surface area contributed by atoms with Crippen LogP contribution >= 0.6 is 0 Å². The van der Waals surface area contributed by atoms with Gasteiger partial charge in [0.1, 0.15) is 0 Å². The summed E-state index contributed by atoms with van der Waals surface area (Å²) in [6.07, 6.45) is 1.54. The van der Waals surface area contributed by atoms with Crippen LogP contribution in [0, 0.1) is 6.92 Å². The molecule has 0 bridgehead atoms. The molecule has 7 heteroatoms. The second-order valence-electron chi connectivity index (χ2n) is 4.96. The predicted octanol–water partition coefficient (Wildman–Crippen LogP) is 0.404. The summed E-state index contributed by atoms with van der Waals surface area (Å²) >= 11 is 0. The molecule has 1 N–H and O–H groups in total. The molecular weight excluding hydrogens is 266 g/mol. The van der Waals surface area contributed by atoms with Crippen molar-refractivity contribution in [3.63, 3.8) is 0 Å². The number of methoxy groups -OCH3 is 1. The van der Waals surface area contributed by atoms with Gasteiger partial charge >= 0.3 is 0 Å². The highest BCUT2D eigenvalue weighted by Gasteiger charge is 2.30. The SMILES string of the molecule is COc1c(CNCC2CCCS2(=O)=O)c(C)nn1C. The molecule has 0 aliphatic carbocycles. The number of sulfone groups is 1. The zero-order valence-corrected chi connectivity index (χ0v) is 12.5. The van der Waals surface area contributed by atoms with Crippen molar-refractivity contribution in [2.45, 2.75) is 31.6 Å². The Hall–Kier alpha value is -1.08. The normalized spacial score (nSPS) is 21.7. The van der Waals surface area contributed by atoms with Gasteiger partial charge in [-0.15, -0.1) is 0 Å². The second-order valence-corrected chi connectivity index (χ2v) is 7.36. The molecular formula is C12H21N3O3S. The van der Waals surface area contributed by atoms with Gasteiger partial charge in [0.05, 0.1) is 29.4 Å². The molecule has 2 heterocycles. The Kier molecular flexibility index (Phi) is 4.15. The Morgan fingerprint density at radius 2 is 2.26 bits per heavy atom. The first kappa shape index (κ1) is 14.3. The molecule has 2 rings (SSSR count). The van der Waals surface area contributed by atoms with Crippen LogP contribution in [0.5, 0.6) is 5.88 Å². The first-order valence-corrected chi connectivity index (χ1v) is 8.16. The zero-order chi connectivity index (χ0) is 14.0. The van der Waals surface area contributed by atoms with Crippen LogP contribution in [0.25, 0.3) is 0 Å². The quantitative estimate of drug-likeness (QED) is 0.849. The van der Waals surface area contributed by atoms with E-state index in [1.807, 2.05) is 14.0 Å². The van der Waals surface area contributed by atoms with Gasteiger partial charge in [-0.2, -0.15) is 5.10 Å². The zero-order valence-electron chi connectivity index (χ0n) is 11.6. The van der Waals surface area contributed by atoms with Crippen LogP contribution in [-0.2, 0) is 23.4 Å². The van der Waals surface area contributed by atoms with Crippen molar-refractivity contribution in [3.8, 4) is 5.88 Å². The van der Waals surface area contributed by atoms with Crippen molar-refractivity contribution in [3.05, 3.63) is 11.3 Å². The van der Waals surface area contributed by atoms with Crippen molar-refractivity contribution >= 4 is 9.84 Å². The van der Waals surface area contributed by atoms with Crippen LogP contribution < -0.4 is 10.1 Å². The maximum absolute atomic E-state index is 11.7. The number of aromatic nitrogens is 2. The van der Waals surface area contributed by atoms with E-state index in [1.54, 1.807) is 11.8 Å². The molecule has 108 valence electrons. The van der Waals surface area contributed by atoms with E-state index >= 15 is 0 Å². The number of aryl methyl sites for hydroxylation is 2. The Balaban J connectivity index is 1.96. The summed E-state index contributed by atoms with van der Waals surface area (Å²) in [5.41, 5.74) is 1.89. The Morgan fingerprint density at radius 3 is 2.84 bits per heavy atom. The molecule has 0 amide bonds. The molecule has 1 aromatic rings. The molecule has 1 aliphatic rings. The summed E-state index contributed by atoms with van der Waals surface area (Å²) in [7, 11) is 0.566. The lowest BCUT2D eigenvalue weighted by atomic mass is 10.2. The molecule has 1 fully saturated rings. The lowest BCUT2D eigenvalue weighted by Gasteiger charge is -2.11. The van der Waals surface area contributed by atoms with E-state index in [9.17, 15) is 8.42 Å². The monoisotopic (exact) mass is 287 g/mol. The van der Waals surface area contributed by atoms with Gasteiger partial charge < -0.3 is 10.1 Å². The highest BCUT2D eigenvalue weighted by molar-refractivity contribution is 7.92. The van der Waals surface area contributed by atoms with Crippen molar-refractivity contribution in [1.29, 1.82) is 0 Å². The largest absolute Gasteiger partial charge is 0.481 e. The third-order valence-corrected chi connectivity index (χ3v) is 5.89. The summed E-state index contributed by atoms with van der Waals surface area (Å²) in [6.45, 7) is 3.00. The van der Waals surface area contributed by atoms with E-state index in [4.69, 9.17) is 4.74 Å². The fourth-order valence-electron chi connectivity index (χ4n) is 2.59. The van der Waals surface area contributed by atoms with E-state index in [-0.39, 0.29) is 5.25 Å². The van der Waals surface area contributed by atoms with Crippen molar-refractivity contribution in [2.24, 2.45) is 7.05 Å². The Bertz CT molecular complexity index is 551. The van der Waals surface area contributed by atoms with E-state index in [1.165, 1.54) is 0 Å². The van der Waals surface area contributed by atoms with Crippen LogP contribution in [0.4, 0.5) is 0 Å². The minimum Gasteiger partial charge on any atom is -0.481 e. The Labute approximate surface area is 114 Å². The average molecular weight is 287 g/mol. The van der Waals surface area contributed by atoms with Gasteiger partial charge in [-0.1, -0.05) is 0 Å². The number of nitrogens with zero attached hydrogens (tertiary/aromatic N) is 2. The fraction of sp³-hybridized carbons (Fsp3) is 0.750. The van der Waals surface area contributed by atoms with E-state index in [0.717, 1.165) is 30.0 Å². The number of ether oxygens (including phenoxy) is 1. The van der Waals surface area contributed by atoms with Gasteiger partial charge in [-0.25, -0.2) is 13.1 Å². The van der Waals surface area contributed by atoms with Crippen molar-refractivity contribution < 1.29 is 13.2 Å². The first-order valence-electron chi connectivity index (χ1n) is 6.44. The first-order chi connectivity index (χ1) is 8.95. The van der Waals surface area contributed by atoms with Gasteiger partial charge in [-0.05, 0) is 19.8 Å². The number of hydrogen-bond donors (Lipinski definition) is 1. The maximum Gasteiger partial charge on any atom is 0.216 e. The molecule has 6 nitrogen and oxygen atoms in total. The highest BCUT2D eigenvalue weighted by Crippen LogP contribution is 2.22. The highest BCUT2D eigenvalue weighted by atomic mass is 32.2. The molecule has 1 atom stereocenters. The minimum atomic E-state index is -2.88. The lowest BCUT2D eigenvalue weighted by Crippen LogP contribution is -2.30. The second kappa shape index (κ2) is 5.50. The third kappa shape index (κ3) is 2.92. The number of rotatable bonds is 5. The van der Waals surface area contributed by atoms with Crippen LogP contribution in [0.2, 0.25) is 0 Å². The fourth-order valence-corrected chi connectivity index (χ4v) is 4.39. The van der Waals surface area contributed by atoms with Crippen LogP contribution in [0.1, 0.15) is 24.1 Å². The van der Waals surface area contributed by atoms with Crippen LogP contribution in [0.3, 0.4) is 0 Å². The van der Waals surface area contributed by atoms with Gasteiger partial charge in [-0.3, -0.25) is 0 Å². The molecule has 0 saturated carbocycles. The summed E-state index contributed by atoms with van der Waals surface area (Å²) in [5, 5.41) is 7.27. The van der Waals surface area contributed by atoms with E-state index < -0.39 is 9.84 Å². The maximum atomic E-state index is 11.7. The topological polar surface area (TPSA) is 73.2 Å². The van der Waals surface area contributed by atoms with E-state index in [0.29, 0.717) is 18.8 Å². The summed E-state index contributed by atoms with van der Waals surface area (Å²) in [6, 6.07) is 0. The number of nitrogens with one attached hydrogen (secondary N) is 1. The van der Waals surface area contributed by atoms with Gasteiger partial charge in [0.25, 0.3) is 0 Å². The van der Waals surface area contributed by atoms with Gasteiger partial charge in [0.2, 0.25) is 5.88 Å². The molecule has 19 heavy (non-hydrogen) atoms. The summed E-state index contributed by atoms with van der Waals surface area (Å²) in [5.74, 6) is 1.05. The molecule has 1 saturated heterocycles. The third-order valence-electron chi connectivity index (χ3n) is 3.62. The molecule has 1 unspecified atom stereocenters. The van der Waals surface area contributed by atoms with Gasteiger partial charge in [0, 0.05) is 20.1 Å². The van der Waals surface area contributed by atoms with Crippen LogP contribution in [-0.4, -0.2) is 42.9 Å². The number of hydrogen-bond acceptors (Lipinski definition) is 5. The molecule has 0 radical (unpaired) electrons. The standard InChI is InChI=1S/C12H21N3O3S/c1-9-11(12(18-3)15(2)14-9)8-13-7-10-5-4-6-19(10,16)17/h10,13H,4-8H2,1-3H3. The predicted molar refractivity (Wildman–Crippen MR) is 73.0 cm³/mol. The summed E-state index contributed by atoms with van der Waals surface area (Å²) in [4.78, 5) is 0. The lowest BCUT2D eigenvalue weighted by molar-refractivity contribution is 0.368. The smallest absolute Gasteiger partial charge is 0.216 e. The van der Waals surface area contributed by atoms with Crippen molar-refractivity contribution in [1.82, 2.24) is 15.1 Å². The molecule has 0 spiro atoms. The molecule has 0 aromatic carbocycles. The van der Waals surface area contributed by atoms with Crippen molar-refractivity contribution in [2.75, 3.05) is 19.4 Å². The molecule has 1 aliphatic heterocycles. The summed E-state index contributed by atoms with van der Waals surface area (Å²) < 4.78 is 30.4.